The van der Waals surface area contributed by atoms with Crippen LogP contribution < -0.4 is 9.62 Å². The van der Waals surface area contributed by atoms with E-state index in [1.54, 1.807) is 25.1 Å². The first kappa shape index (κ1) is 27.2. The summed E-state index contributed by atoms with van der Waals surface area (Å²) in [6.45, 7) is 0.921. The van der Waals surface area contributed by atoms with Gasteiger partial charge in [0.25, 0.3) is 0 Å². The summed E-state index contributed by atoms with van der Waals surface area (Å²) in [4.78, 5) is 27.2. The Hall–Kier alpha value is -2.07. The third kappa shape index (κ3) is 6.72. The number of likely N-dealkylation sites (N-methyl/N-ethyl adjacent to an activating group) is 1. The Bertz CT molecular complexity index is 1130. The van der Waals surface area contributed by atoms with Crippen LogP contribution in [0.5, 0.6) is 0 Å². The molecular formula is C21H23Cl3FN3O4S. The maximum atomic E-state index is 13.6. The van der Waals surface area contributed by atoms with Crippen molar-refractivity contribution < 1.29 is 22.4 Å². The fraction of sp³-hybridized carbons (Fsp3) is 0.333. The summed E-state index contributed by atoms with van der Waals surface area (Å²) in [6, 6.07) is 7.21. The van der Waals surface area contributed by atoms with Crippen LogP contribution in [-0.2, 0) is 26.2 Å². The van der Waals surface area contributed by atoms with Gasteiger partial charge in [-0.2, -0.15) is 0 Å². The molecule has 2 aromatic rings. The van der Waals surface area contributed by atoms with E-state index in [1.807, 2.05) is 0 Å². The number of benzene rings is 2. The number of rotatable bonds is 9. The molecule has 0 radical (unpaired) electrons. The van der Waals surface area contributed by atoms with Crippen molar-refractivity contribution in [2.45, 2.75) is 25.9 Å². The van der Waals surface area contributed by atoms with Gasteiger partial charge in [-0.25, -0.2) is 12.8 Å². The number of carbonyl (C=O) groups is 2. The first-order valence-electron chi connectivity index (χ1n) is 9.77. The second kappa shape index (κ2) is 11.4. The second-order valence-electron chi connectivity index (χ2n) is 7.13. The highest BCUT2D eigenvalue weighted by Crippen LogP contribution is 2.28. The molecular weight excluding hydrogens is 516 g/mol. The van der Waals surface area contributed by atoms with E-state index in [4.69, 9.17) is 34.8 Å². The Labute approximate surface area is 207 Å². The molecule has 2 aromatic carbocycles. The van der Waals surface area contributed by atoms with E-state index in [2.05, 4.69) is 5.32 Å². The number of carbonyl (C=O) groups excluding carboxylic acids is 2. The standard InChI is InChI=1S/C21H23Cl3FN3O4S/c1-4-19(21(30)26-2)27(11-14-15(22)6-5-7-16(14)23)20(29)12-28(33(3,31)32)13-8-9-18(25)17(24)10-13/h5-10,19H,4,11-12H2,1-3H3,(H,26,30)/t19-/m1/s1. The number of hydrogen-bond acceptors (Lipinski definition) is 4. The molecule has 0 saturated carbocycles. The number of halogens is 4. The summed E-state index contributed by atoms with van der Waals surface area (Å²) in [5.41, 5.74) is 0.410. The topological polar surface area (TPSA) is 86.8 Å². The summed E-state index contributed by atoms with van der Waals surface area (Å²) in [5, 5.41) is 2.78. The molecule has 2 rings (SSSR count). The molecule has 0 spiro atoms. The number of anilines is 1. The van der Waals surface area contributed by atoms with Crippen LogP contribution in [0, 0.1) is 5.82 Å². The lowest BCUT2D eigenvalue weighted by Crippen LogP contribution is -2.51. The minimum atomic E-state index is -3.97. The van der Waals surface area contributed by atoms with E-state index >= 15 is 0 Å². The molecule has 0 aliphatic carbocycles. The van der Waals surface area contributed by atoms with Gasteiger partial charge in [-0.05, 0) is 36.8 Å². The average molecular weight is 539 g/mol. The van der Waals surface area contributed by atoms with Crippen LogP contribution in [0.1, 0.15) is 18.9 Å². The van der Waals surface area contributed by atoms with Gasteiger partial charge in [0.15, 0.2) is 0 Å². The molecule has 1 N–H and O–H groups in total. The summed E-state index contributed by atoms with van der Waals surface area (Å²) >= 11 is 18.3. The zero-order chi connectivity index (χ0) is 24.9. The Balaban J connectivity index is 2.51. The quantitative estimate of drug-likeness (QED) is 0.521. The van der Waals surface area contributed by atoms with Gasteiger partial charge in [-0.3, -0.25) is 13.9 Å². The number of amides is 2. The van der Waals surface area contributed by atoms with Crippen LogP contribution in [0.15, 0.2) is 36.4 Å². The maximum absolute atomic E-state index is 13.6. The van der Waals surface area contributed by atoms with Crippen molar-refractivity contribution >= 4 is 62.3 Å². The highest BCUT2D eigenvalue weighted by atomic mass is 35.5. The molecule has 0 fully saturated rings. The number of hydrogen-bond donors (Lipinski definition) is 1. The molecule has 0 aromatic heterocycles. The molecule has 0 aliphatic heterocycles. The van der Waals surface area contributed by atoms with E-state index in [-0.39, 0.29) is 33.7 Å². The summed E-state index contributed by atoms with van der Waals surface area (Å²) in [7, 11) is -2.54. The molecule has 0 aliphatic rings. The lowest BCUT2D eigenvalue weighted by Gasteiger charge is -2.33. The molecule has 12 heteroatoms. The average Bonchev–Trinajstić information content (AvgIpc) is 2.74. The minimum absolute atomic E-state index is 0.000896. The summed E-state index contributed by atoms with van der Waals surface area (Å²) < 4.78 is 39.4. The van der Waals surface area contributed by atoms with Gasteiger partial charge in [0.2, 0.25) is 21.8 Å². The largest absolute Gasteiger partial charge is 0.357 e. The number of nitrogens with zero attached hydrogens (tertiary/aromatic N) is 2. The Morgan fingerprint density at radius 1 is 1.09 bits per heavy atom. The lowest BCUT2D eigenvalue weighted by atomic mass is 10.1. The van der Waals surface area contributed by atoms with Crippen molar-refractivity contribution in [2.24, 2.45) is 0 Å². The Kier molecular flexibility index (Phi) is 9.37. The van der Waals surface area contributed by atoms with Gasteiger partial charge in [0.05, 0.1) is 17.0 Å². The van der Waals surface area contributed by atoms with Gasteiger partial charge in [-0.15, -0.1) is 0 Å². The summed E-state index contributed by atoms with van der Waals surface area (Å²) in [5.74, 6) is -1.86. The van der Waals surface area contributed by atoms with Crippen molar-refractivity contribution in [3.8, 4) is 0 Å². The van der Waals surface area contributed by atoms with Gasteiger partial charge in [0.1, 0.15) is 18.4 Å². The predicted molar refractivity (Wildman–Crippen MR) is 129 cm³/mol. The molecule has 0 bridgehead atoms. The molecule has 33 heavy (non-hydrogen) atoms. The zero-order valence-electron chi connectivity index (χ0n) is 18.1. The first-order valence-corrected chi connectivity index (χ1v) is 12.8. The molecule has 1 atom stereocenters. The van der Waals surface area contributed by atoms with Crippen LogP contribution >= 0.6 is 34.8 Å². The minimum Gasteiger partial charge on any atom is -0.357 e. The van der Waals surface area contributed by atoms with Gasteiger partial charge < -0.3 is 10.2 Å². The van der Waals surface area contributed by atoms with Crippen LogP contribution in [0.4, 0.5) is 10.1 Å². The third-order valence-corrected chi connectivity index (χ3v) is 7.03. The normalized spacial score (nSPS) is 12.2. The zero-order valence-corrected chi connectivity index (χ0v) is 21.2. The van der Waals surface area contributed by atoms with E-state index in [0.717, 1.165) is 22.7 Å². The first-order chi connectivity index (χ1) is 15.4. The number of sulfonamides is 1. The van der Waals surface area contributed by atoms with Crippen molar-refractivity contribution in [3.05, 3.63) is 62.8 Å². The Morgan fingerprint density at radius 2 is 1.70 bits per heavy atom. The predicted octanol–water partition coefficient (Wildman–Crippen LogP) is 4.11. The van der Waals surface area contributed by atoms with Crippen molar-refractivity contribution in [3.63, 3.8) is 0 Å². The summed E-state index contributed by atoms with van der Waals surface area (Å²) in [6.07, 6.45) is 1.15. The highest BCUT2D eigenvalue weighted by molar-refractivity contribution is 7.92. The molecule has 0 saturated heterocycles. The smallest absolute Gasteiger partial charge is 0.244 e. The molecule has 7 nitrogen and oxygen atoms in total. The fourth-order valence-corrected chi connectivity index (χ4v) is 4.73. The van der Waals surface area contributed by atoms with Crippen molar-refractivity contribution in [2.75, 3.05) is 24.2 Å². The fourth-order valence-electron chi connectivity index (χ4n) is 3.19. The van der Waals surface area contributed by atoms with Crippen molar-refractivity contribution in [1.82, 2.24) is 10.2 Å². The SMILES string of the molecule is CC[C@H](C(=O)NC)N(Cc1c(Cl)cccc1Cl)C(=O)CN(c1ccc(F)c(Cl)c1)S(C)(=O)=O. The van der Waals surface area contributed by atoms with Gasteiger partial charge in [-0.1, -0.05) is 47.8 Å². The van der Waals surface area contributed by atoms with E-state index in [9.17, 15) is 22.4 Å². The van der Waals surface area contributed by atoms with Crippen LogP contribution in [0.25, 0.3) is 0 Å². The third-order valence-electron chi connectivity index (χ3n) is 4.89. The Morgan fingerprint density at radius 3 is 2.18 bits per heavy atom. The van der Waals surface area contributed by atoms with E-state index in [0.29, 0.717) is 5.56 Å². The van der Waals surface area contributed by atoms with Crippen LogP contribution in [0.2, 0.25) is 15.1 Å². The second-order valence-corrected chi connectivity index (χ2v) is 10.3. The maximum Gasteiger partial charge on any atom is 0.244 e. The molecule has 180 valence electrons. The van der Waals surface area contributed by atoms with E-state index in [1.165, 1.54) is 18.0 Å². The molecule has 2 amide bonds. The lowest BCUT2D eigenvalue weighted by molar-refractivity contribution is -0.140. The highest BCUT2D eigenvalue weighted by Gasteiger charge is 2.32. The van der Waals surface area contributed by atoms with Gasteiger partial charge >= 0.3 is 0 Å². The van der Waals surface area contributed by atoms with Crippen LogP contribution in [0.3, 0.4) is 0 Å². The van der Waals surface area contributed by atoms with Crippen molar-refractivity contribution in [1.29, 1.82) is 0 Å². The number of nitrogens with one attached hydrogen (secondary N) is 1. The van der Waals surface area contributed by atoms with E-state index < -0.39 is 40.2 Å². The molecule has 0 unspecified atom stereocenters. The van der Waals surface area contributed by atoms with Crippen LogP contribution in [-0.4, -0.2) is 51.0 Å². The van der Waals surface area contributed by atoms with Gasteiger partial charge in [0, 0.05) is 29.2 Å². The monoisotopic (exact) mass is 537 g/mol. The molecule has 0 heterocycles.